The molecule has 0 bridgehead atoms. The van der Waals surface area contributed by atoms with Gasteiger partial charge in [0.15, 0.2) is 0 Å². The van der Waals surface area contributed by atoms with Crippen molar-refractivity contribution in [3.63, 3.8) is 0 Å². The van der Waals surface area contributed by atoms with Crippen LogP contribution in [0, 0.1) is 0 Å². The Kier molecular flexibility index (Phi) is 6.63. The average Bonchev–Trinajstić information content (AvgIpc) is 2.93. The molecule has 1 aliphatic rings. The second kappa shape index (κ2) is 8.52. The van der Waals surface area contributed by atoms with Crippen LogP contribution in [0.1, 0.15) is 58.3 Å². The molecule has 0 unspecified atom stereocenters. The molecule has 1 saturated carbocycles. The molecule has 0 saturated heterocycles. The van der Waals surface area contributed by atoms with Crippen molar-refractivity contribution in [2.45, 2.75) is 68.4 Å². The SMILES string of the molecule is CCCCCCNc1ccccc1SC1CCCC1. The summed E-state index contributed by atoms with van der Waals surface area (Å²) in [6, 6.07) is 8.82. The monoisotopic (exact) mass is 277 g/mol. The van der Waals surface area contributed by atoms with Crippen molar-refractivity contribution in [3.05, 3.63) is 24.3 Å². The molecule has 1 aliphatic carbocycles. The van der Waals surface area contributed by atoms with Gasteiger partial charge in [-0.05, 0) is 31.4 Å². The molecule has 0 heterocycles. The van der Waals surface area contributed by atoms with Crippen molar-refractivity contribution in [1.82, 2.24) is 0 Å². The van der Waals surface area contributed by atoms with E-state index in [4.69, 9.17) is 0 Å². The van der Waals surface area contributed by atoms with E-state index in [0.29, 0.717) is 0 Å². The number of hydrogen-bond donors (Lipinski definition) is 1. The molecular formula is C17H27NS. The fourth-order valence-corrected chi connectivity index (χ4v) is 4.03. The van der Waals surface area contributed by atoms with Crippen molar-refractivity contribution >= 4 is 17.4 Å². The van der Waals surface area contributed by atoms with Crippen molar-refractivity contribution < 1.29 is 0 Å². The van der Waals surface area contributed by atoms with Gasteiger partial charge in [0.25, 0.3) is 0 Å². The Morgan fingerprint density at radius 1 is 1.11 bits per heavy atom. The Labute approximate surface area is 122 Å². The molecule has 2 heteroatoms. The van der Waals surface area contributed by atoms with Crippen LogP contribution in [0.25, 0.3) is 0 Å². The molecule has 0 atom stereocenters. The Balaban J connectivity index is 1.81. The van der Waals surface area contributed by atoms with Crippen LogP contribution < -0.4 is 5.32 Å². The normalized spacial score (nSPS) is 15.8. The number of hydrogen-bond acceptors (Lipinski definition) is 2. The van der Waals surface area contributed by atoms with Crippen LogP contribution in [0.3, 0.4) is 0 Å². The van der Waals surface area contributed by atoms with Gasteiger partial charge < -0.3 is 5.32 Å². The first-order valence-corrected chi connectivity index (χ1v) is 8.77. The van der Waals surface area contributed by atoms with E-state index in [1.165, 1.54) is 61.9 Å². The lowest BCUT2D eigenvalue weighted by Gasteiger charge is -2.14. The van der Waals surface area contributed by atoms with E-state index in [-0.39, 0.29) is 0 Å². The highest BCUT2D eigenvalue weighted by Gasteiger charge is 2.17. The van der Waals surface area contributed by atoms with Gasteiger partial charge >= 0.3 is 0 Å². The minimum Gasteiger partial charge on any atom is -0.384 e. The van der Waals surface area contributed by atoms with Crippen LogP contribution in [-0.4, -0.2) is 11.8 Å². The maximum Gasteiger partial charge on any atom is 0.0478 e. The highest BCUT2D eigenvalue weighted by atomic mass is 32.2. The summed E-state index contributed by atoms with van der Waals surface area (Å²) in [5, 5.41) is 4.48. The summed E-state index contributed by atoms with van der Waals surface area (Å²) in [5.74, 6) is 0. The molecule has 1 N–H and O–H groups in total. The second-order valence-electron chi connectivity index (χ2n) is 5.51. The molecule has 19 heavy (non-hydrogen) atoms. The van der Waals surface area contributed by atoms with Crippen molar-refractivity contribution in [1.29, 1.82) is 0 Å². The number of benzene rings is 1. The van der Waals surface area contributed by atoms with E-state index in [0.717, 1.165) is 11.8 Å². The van der Waals surface area contributed by atoms with E-state index in [2.05, 4.69) is 48.3 Å². The van der Waals surface area contributed by atoms with Gasteiger partial charge in [0.2, 0.25) is 0 Å². The Morgan fingerprint density at radius 3 is 2.68 bits per heavy atom. The quantitative estimate of drug-likeness (QED) is 0.610. The van der Waals surface area contributed by atoms with E-state index < -0.39 is 0 Å². The maximum atomic E-state index is 3.63. The van der Waals surface area contributed by atoms with Crippen molar-refractivity contribution in [3.8, 4) is 0 Å². The second-order valence-corrected chi connectivity index (χ2v) is 6.85. The molecule has 0 radical (unpaired) electrons. The Morgan fingerprint density at radius 2 is 1.89 bits per heavy atom. The standard InChI is InChI=1S/C17H27NS/c1-2-3-4-9-14-18-16-12-7-8-13-17(16)19-15-10-5-6-11-15/h7-8,12-13,15,18H,2-6,9-11,14H2,1H3. The number of nitrogens with one attached hydrogen (secondary N) is 1. The fourth-order valence-electron chi connectivity index (χ4n) is 2.68. The molecule has 0 spiro atoms. The summed E-state index contributed by atoms with van der Waals surface area (Å²) in [6.07, 6.45) is 10.9. The molecule has 106 valence electrons. The van der Waals surface area contributed by atoms with Gasteiger partial charge in [0, 0.05) is 22.4 Å². The predicted octanol–water partition coefficient (Wildman–Crippen LogP) is 5.71. The smallest absolute Gasteiger partial charge is 0.0478 e. The zero-order chi connectivity index (χ0) is 13.3. The highest BCUT2D eigenvalue weighted by molar-refractivity contribution is 8.00. The van der Waals surface area contributed by atoms with E-state index in [9.17, 15) is 0 Å². The van der Waals surface area contributed by atoms with Crippen LogP contribution in [0.4, 0.5) is 5.69 Å². The first-order valence-electron chi connectivity index (χ1n) is 7.89. The number of thioether (sulfide) groups is 1. The predicted molar refractivity (Wildman–Crippen MR) is 87.2 cm³/mol. The summed E-state index contributed by atoms with van der Waals surface area (Å²) in [7, 11) is 0. The number of rotatable bonds is 8. The lowest BCUT2D eigenvalue weighted by molar-refractivity contribution is 0.684. The topological polar surface area (TPSA) is 12.0 Å². The number of para-hydroxylation sites is 1. The largest absolute Gasteiger partial charge is 0.384 e. The van der Waals surface area contributed by atoms with Crippen molar-refractivity contribution in [2.24, 2.45) is 0 Å². The van der Waals surface area contributed by atoms with Gasteiger partial charge in [-0.15, -0.1) is 11.8 Å². The number of unbranched alkanes of at least 4 members (excludes halogenated alkanes) is 3. The third kappa shape index (κ3) is 5.10. The summed E-state index contributed by atoms with van der Waals surface area (Å²) >= 11 is 2.08. The summed E-state index contributed by atoms with van der Waals surface area (Å²) in [5.41, 5.74) is 1.34. The van der Waals surface area contributed by atoms with Crippen LogP contribution in [0.15, 0.2) is 29.2 Å². The molecule has 1 nitrogen and oxygen atoms in total. The average molecular weight is 277 g/mol. The first-order chi connectivity index (χ1) is 9.40. The van der Waals surface area contributed by atoms with Gasteiger partial charge in [-0.2, -0.15) is 0 Å². The molecule has 0 aromatic heterocycles. The van der Waals surface area contributed by atoms with E-state index in [1.807, 2.05) is 0 Å². The van der Waals surface area contributed by atoms with Crippen LogP contribution in [0.2, 0.25) is 0 Å². The number of anilines is 1. The third-order valence-corrected chi connectivity index (χ3v) is 5.24. The molecule has 1 aromatic rings. The fraction of sp³-hybridized carbons (Fsp3) is 0.647. The summed E-state index contributed by atoms with van der Waals surface area (Å²) in [4.78, 5) is 1.45. The summed E-state index contributed by atoms with van der Waals surface area (Å²) in [6.45, 7) is 3.38. The third-order valence-electron chi connectivity index (χ3n) is 3.83. The van der Waals surface area contributed by atoms with E-state index in [1.54, 1.807) is 0 Å². The lowest BCUT2D eigenvalue weighted by Crippen LogP contribution is -2.03. The minimum atomic E-state index is 0.850. The molecule has 0 aliphatic heterocycles. The minimum absolute atomic E-state index is 0.850. The maximum absolute atomic E-state index is 3.63. The van der Waals surface area contributed by atoms with Crippen LogP contribution in [0.5, 0.6) is 0 Å². The highest BCUT2D eigenvalue weighted by Crippen LogP contribution is 2.37. The molecule has 2 rings (SSSR count). The molecular weight excluding hydrogens is 250 g/mol. The van der Waals surface area contributed by atoms with Crippen LogP contribution >= 0.6 is 11.8 Å². The van der Waals surface area contributed by atoms with Gasteiger partial charge in [-0.3, -0.25) is 0 Å². The first kappa shape index (κ1) is 14.8. The molecule has 1 fully saturated rings. The zero-order valence-electron chi connectivity index (χ0n) is 12.2. The Bertz CT molecular complexity index is 358. The van der Waals surface area contributed by atoms with E-state index >= 15 is 0 Å². The van der Waals surface area contributed by atoms with Crippen LogP contribution in [-0.2, 0) is 0 Å². The van der Waals surface area contributed by atoms with Gasteiger partial charge in [0.1, 0.15) is 0 Å². The zero-order valence-corrected chi connectivity index (χ0v) is 13.0. The van der Waals surface area contributed by atoms with Gasteiger partial charge in [-0.1, -0.05) is 51.2 Å². The van der Waals surface area contributed by atoms with Gasteiger partial charge in [0.05, 0.1) is 0 Å². The lowest BCUT2D eigenvalue weighted by atomic mass is 10.2. The molecule has 0 amide bonds. The Hall–Kier alpha value is -0.630. The summed E-state index contributed by atoms with van der Waals surface area (Å²) < 4.78 is 0. The van der Waals surface area contributed by atoms with Crippen molar-refractivity contribution in [2.75, 3.05) is 11.9 Å². The van der Waals surface area contributed by atoms with Gasteiger partial charge in [-0.25, -0.2) is 0 Å². The molecule has 1 aromatic carbocycles.